The first-order chi connectivity index (χ1) is 20.1. The zero-order chi connectivity index (χ0) is 28.3. The summed E-state index contributed by atoms with van der Waals surface area (Å²) in [6.07, 6.45) is 10.1. The van der Waals surface area contributed by atoms with Crippen molar-refractivity contribution in [1.82, 2.24) is 0 Å². The second-order valence-corrected chi connectivity index (χ2v) is 28.6. The normalized spacial score (nSPS) is 23.0. The van der Waals surface area contributed by atoms with Crippen LogP contribution in [0.15, 0.2) is 70.1 Å². The summed E-state index contributed by atoms with van der Waals surface area (Å²) in [5, 5.41) is 4.39. The third kappa shape index (κ3) is 8.69. The van der Waals surface area contributed by atoms with Crippen LogP contribution < -0.4 is 0 Å². The highest BCUT2D eigenvalue weighted by molar-refractivity contribution is 8.51. The molecule has 0 spiro atoms. The lowest BCUT2D eigenvalue weighted by atomic mass is 10.6. The van der Waals surface area contributed by atoms with Gasteiger partial charge in [-0.1, -0.05) is 141 Å². The largest absolute Gasteiger partial charge is 0.121 e. The first kappa shape index (κ1) is 35.1. The second-order valence-electron chi connectivity index (χ2n) is 7.42. The highest BCUT2D eigenvalue weighted by Crippen LogP contribution is 2.73. The molecule has 0 aromatic carbocycles. The van der Waals surface area contributed by atoms with Gasteiger partial charge in [0.1, 0.15) is 0 Å². The molecule has 6 aliphatic heterocycles. The zero-order valence-electron chi connectivity index (χ0n) is 21.6. The van der Waals surface area contributed by atoms with Gasteiger partial charge in [0, 0.05) is 0 Å². The molecule has 0 saturated heterocycles. The van der Waals surface area contributed by atoms with Crippen LogP contribution in [-0.2, 0) is 0 Å². The lowest BCUT2D eigenvalue weighted by molar-refractivity contribution is 1.13. The van der Waals surface area contributed by atoms with Crippen molar-refractivity contribution in [3.8, 4) is 0 Å². The molecule has 6 heterocycles. The van der Waals surface area contributed by atoms with E-state index in [1.54, 1.807) is 0 Å². The van der Waals surface area contributed by atoms with Crippen molar-refractivity contribution in [3.63, 3.8) is 0 Å². The van der Waals surface area contributed by atoms with E-state index < -0.39 is 0 Å². The molecule has 0 saturated carbocycles. The molecule has 0 amide bonds. The molecular weight excluding hydrogens is 853 g/mol. The Morgan fingerprint density at radius 1 is 0.390 bits per heavy atom. The van der Waals surface area contributed by atoms with Crippen molar-refractivity contribution >= 4 is 212 Å². The van der Waals surface area contributed by atoms with Gasteiger partial charge >= 0.3 is 0 Å². The van der Waals surface area contributed by atoms with Crippen LogP contribution in [0.4, 0.5) is 0 Å². The molecule has 0 N–H and O–H groups in total. The van der Waals surface area contributed by atoms with Gasteiger partial charge in [-0.25, -0.2) is 0 Å². The summed E-state index contributed by atoms with van der Waals surface area (Å²) >= 11 is 35.3. The quantitative estimate of drug-likeness (QED) is 0.191. The lowest BCUT2D eigenvalue weighted by Crippen LogP contribution is -1.84. The van der Waals surface area contributed by atoms with Gasteiger partial charge in [0.25, 0.3) is 0 Å². The van der Waals surface area contributed by atoms with Crippen LogP contribution in [-0.4, -0.2) is 36.5 Å². The van der Waals surface area contributed by atoms with Crippen molar-refractivity contribution in [1.29, 1.82) is 0 Å². The van der Waals surface area contributed by atoms with Crippen LogP contribution in [0.2, 0.25) is 0 Å². The third-order valence-electron chi connectivity index (χ3n) is 4.92. The summed E-state index contributed by atoms with van der Waals surface area (Å²) in [5.74, 6) is 2.37. The third-order valence-corrected chi connectivity index (χ3v) is 30.4. The van der Waals surface area contributed by atoms with Gasteiger partial charge in [-0.15, -0.1) is 70.6 Å². The van der Waals surface area contributed by atoms with E-state index >= 15 is 0 Å². The highest BCUT2D eigenvalue weighted by Gasteiger charge is 2.37. The maximum absolute atomic E-state index is 2.23. The zero-order valence-corrected chi connectivity index (χ0v) is 36.3. The van der Waals surface area contributed by atoms with E-state index in [-0.39, 0.29) is 0 Å². The molecule has 0 aliphatic carbocycles. The lowest BCUT2D eigenvalue weighted by Gasteiger charge is -2.07. The maximum atomic E-state index is 2.23. The molecule has 0 bridgehead atoms. The minimum absolute atomic E-state index is 1.18. The minimum Gasteiger partial charge on any atom is -0.121 e. The molecule has 41 heavy (non-hydrogen) atoms. The van der Waals surface area contributed by atoms with E-state index in [2.05, 4.69) is 59.4 Å². The highest BCUT2D eigenvalue weighted by atomic mass is 32.3. The van der Waals surface area contributed by atoms with Gasteiger partial charge in [-0.05, 0) is 53.8 Å². The molecule has 6 rings (SSSR count). The van der Waals surface area contributed by atoms with Crippen molar-refractivity contribution in [2.45, 2.75) is 6.42 Å². The van der Waals surface area contributed by atoms with Gasteiger partial charge < -0.3 is 0 Å². The molecule has 6 aliphatic rings. The molecule has 0 aromatic heterocycles. The number of hydrogen-bond acceptors (Lipinski definition) is 18. The Balaban J connectivity index is 0.971. The Labute approximate surface area is 319 Å². The molecule has 220 valence electrons. The Morgan fingerprint density at radius 3 is 1.05 bits per heavy atom. The molecule has 18 heteroatoms. The van der Waals surface area contributed by atoms with Crippen LogP contribution in [0.5, 0.6) is 0 Å². The average Bonchev–Trinajstić information content (AvgIpc) is 3.81. The Morgan fingerprint density at radius 2 is 0.683 bits per heavy atom. The molecule has 0 aromatic rings. The Bertz CT molecular complexity index is 1310. The predicted molar refractivity (Wildman–Crippen MR) is 233 cm³/mol. The van der Waals surface area contributed by atoms with E-state index in [1.807, 2.05) is 188 Å². The minimum atomic E-state index is 1.18. The number of hydrogen-bond donors (Lipinski definition) is 0. The van der Waals surface area contributed by atoms with Gasteiger partial charge in [-0.3, -0.25) is 0 Å². The summed E-state index contributed by atoms with van der Waals surface area (Å²) in [7, 11) is 0. The SMILES string of the molecule is CSC1=C(SC)SC(=C2SC3=C(S2)SC(=C2SC(SC)=C(SCCCSC4=C(SC)SC(=C5SC=CS5)S4)S2)S3)S1. The van der Waals surface area contributed by atoms with Gasteiger partial charge in [-0.2, -0.15) is 0 Å². The number of rotatable bonds is 10. The van der Waals surface area contributed by atoms with Crippen LogP contribution in [0.1, 0.15) is 6.42 Å². The fourth-order valence-corrected chi connectivity index (χ4v) is 28.4. The molecule has 0 nitrogen and oxygen atoms in total. The smallest absolute Gasteiger partial charge is 0.0718 e. The predicted octanol–water partition coefficient (Wildman–Crippen LogP) is 15.5. The Hall–Kier alpha value is 4.22. The van der Waals surface area contributed by atoms with Crippen LogP contribution in [0, 0.1) is 0 Å². The molecular formula is C23H20S18. The van der Waals surface area contributed by atoms with Gasteiger partial charge in [0.2, 0.25) is 0 Å². The Kier molecular flexibility index (Phi) is 14.7. The molecule has 0 atom stereocenters. The van der Waals surface area contributed by atoms with Crippen molar-refractivity contribution in [2.24, 2.45) is 0 Å². The second kappa shape index (κ2) is 17.2. The summed E-state index contributed by atoms with van der Waals surface area (Å²) < 4.78 is 20.7. The summed E-state index contributed by atoms with van der Waals surface area (Å²) in [6.45, 7) is 0. The average molecular weight is 874 g/mol. The van der Waals surface area contributed by atoms with Crippen molar-refractivity contribution in [2.75, 3.05) is 36.5 Å². The van der Waals surface area contributed by atoms with Crippen LogP contribution >= 0.6 is 212 Å². The fourth-order valence-electron chi connectivity index (χ4n) is 3.19. The molecule has 0 radical (unpaired) electrons. The monoisotopic (exact) mass is 872 g/mol. The first-order valence-corrected chi connectivity index (χ1v) is 28.3. The van der Waals surface area contributed by atoms with Gasteiger partial charge in [0.05, 0.1) is 59.3 Å². The van der Waals surface area contributed by atoms with E-state index in [0.717, 1.165) is 0 Å². The first-order valence-electron chi connectivity index (χ1n) is 11.5. The van der Waals surface area contributed by atoms with Crippen LogP contribution in [0.3, 0.4) is 0 Å². The molecule has 0 fully saturated rings. The van der Waals surface area contributed by atoms with E-state index in [9.17, 15) is 0 Å². The summed E-state index contributed by atoms with van der Waals surface area (Å²) in [5.41, 5.74) is 0. The van der Waals surface area contributed by atoms with E-state index in [4.69, 9.17) is 0 Å². The summed E-state index contributed by atoms with van der Waals surface area (Å²) in [6, 6.07) is 0. The fraction of sp³-hybridized carbons (Fsp3) is 0.304. The van der Waals surface area contributed by atoms with Crippen molar-refractivity contribution < 1.29 is 0 Å². The van der Waals surface area contributed by atoms with Crippen LogP contribution in [0.25, 0.3) is 0 Å². The van der Waals surface area contributed by atoms with E-state index in [0.29, 0.717) is 0 Å². The van der Waals surface area contributed by atoms with Crippen molar-refractivity contribution in [3.05, 3.63) is 70.1 Å². The number of thioether (sulfide) groups is 18. The van der Waals surface area contributed by atoms with E-state index in [1.165, 1.54) is 77.2 Å². The summed E-state index contributed by atoms with van der Waals surface area (Å²) in [4.78, 5) is 0. The topological polar surface area (TPSA) is 0 Å². The maximum Gasteiger partial charge on any atom is 0.0718 e. The van der Waals surface area contributed by atoms with Gasteiger partial charge in [0.15, 0.2) is 0 Å². The standard InChI is InChI=1S/C23H20S18/c1-24-10-11(25-2)33-18(32-10)20-38-22-23(39-20)41-21(40-22)19-35-13(27-4)16(37-19)29-7-5-6-28-15-12(26-3)34-17(36-15)14-30-8-9-31-14/h8-9H,5-7H2,1-4H3. The molecule has 0 unspecified atom stereocenters.